The summed E-state index contributed by atoms with van der Waals surface area (Å²) >= 11 is 1.39. The molecule has 1 amide bonds. The Balaban J connectivity index is 2.33. The Morgan fingerprint density at radius 1 is 1.50 bits per heavy atom. The van der Waals surface area contributed by atoms with E-state index in [2.05, 4.69) is 16.6 Å². The van der Waals surface area contributed by atoms with Crippen molar-refractivity contribution in [2.24, 2.45) is 0 Å². The number of fused-ring (bicyclic) bond motifs is 1. The van der Waals surface area contributed by atoms with Crippen LogP contribution in [0.15, 0.2) is 40.6 Å². The summed E-state index contributed by atoms with van der Waals surface area (Å²) in [5, 5.41) is 2.66. The molecule has 1 aromatic carbocycles. The Morgan fingerprint density at radius 2 is 2.28 bits per heavy atom. The standard InChI is InChI=1S/C11H12N2O3S2/c1-2-5-12-18(15,16)8-3-4-10-9(6-8)13-11(14)7-17-10/h2-4,6,12H,1,5,7H2,(H,13,14). The van der Waals surface area contributed by atoms with Gasteiger partial charge in [-0.1, -0.05) is 6.08 Å². The van der Waals surface area contributed by atoms with E-state index < -0.39 is 10.0 Å². The molecular formula is C11H12N2O3S2. The van der Waals surface area contributed by atoms with Crippen LogP contribution in [0.2, 0.25) is 0 Å². The average molecular weight is 284 g/mol. The predicted octanol–water partition coefficient (Wildman–Crippen LogP) is 1.20. The van der Waals surface area contributed by atoms with E-state index in [1.807, 2.05) is 0 Å². The Bertz CT molecular complexity index is 596. The zero-order valence-corrected chi connectivity index (χ0v) is 11.1. The third kappa shape index (κ3) is 2.74. The minimum atomic E-state index is -3.56. The van der Waals surface area contributed by atoms with Gasteiger partial charge in [-0.2, -0.15) is 0 Å². The Morgan fingerprint density at radius 3 is 3.00 bits per heavy atom. The van der Waals surface area contributed by atoms with Gasteiger partial charge in [-0.3, -0.25) is 4.79 Å². The second-order valence-corrected chi connectivity index (χ2v) is 6.42. The fourth-order valence-electron chi connectivity index (χ4n) is 1.48. The monoisotopic (exact) mass is 284 g/mol. The number of thioether (sulfide) groups is 1. The first-order valence-electron chi connectivity index (χ1n) is 5.20. The molecule has 5 nitrogen and oxygen atoms in total. The molecule has 1 heterocycles. The van der Waals surface area contributed by atoms with Crippen LogP contribution in [0.25, 0.3) is 0 Å². The fourth-order valence-corrected chi connectivity index (χ4v) is 3.29. The lowest BCUT2D eigenvalue weighted by molar-refractivity contribution is -0.113. The van der Waals surface area contributed by atoms with Gasteiger partial charge in [-0.15, -0.1) is 18.3 Å². The topological polar surface area (TPSA) is 75.3 Å². The molecule has 0 saturated carbocycles. The molecule has 0 aromatic heterocycles. The summed E-state index contributed by atoms with van der Waals surface area (Å²) in [5.74, 6) is 0.231. The molecule has 7 heteroatoms. The summed E-state index contributed by atoms with van der Waals surface area (Å²) in [6.45, 7) is 3.62. The average Bonchev–Trinajstić information content (AvgIpc) is 2.35. The van der Waals surface area contributed by atoms with Gasteiger partial charge in [-0.25, -0.2) is 13.1 Å². The Hall–Kier alpha value is -1.31. The first-order valence-corrected chi connectivity index (χ1v) is 7.67. The Kier molecular flexibility index (Phi) is 3.74. The number of benzene rings is 1. The van der Waals surface area contributed by atoms with E-state index in [4.69, 9.17) is 0 Å². The number of rotatable bonds is 4. The number of hydrogen-bond donors (Lipinski definition) is 2. The molecule has 96 valence electrons. The highest BCUT2D eigenvalue weighted by molar-refractivity contribution is 8.00. The van der Waals surface area contributed by atoms with E-state index in [1.165, 1.54) is 30.0 Å². The number of anilines is 1. The summed E-state index contributed by atoms with van der Waals surface area (Å²) in [4.78, 5) is 12.3. The van der Waals surface area contributed by atoms with Gasteiger partial charge in [-0.05, 0) is 18.2 Å². The van der Waals surface area contributed by atoms with Gasteiger partial charge in [0.15, 0.2) is 0 Å². The van der Waals surface area contributed by atoms with Crippen molar-refractivity contribution in [1.29, 1.82) is 0 Å². The molecule has 2 rings (SSSR count). The van der Waals surface area contributed by atoms with Crippen LogP contribution in [0.5, 0.6) is 0 Å². The molecule has 0 unspecified atom stereocenters. The quantitative estimate of drug-likeness (QED) is 0.815. The van der Waals surface area contributed by atoms with Crippen LogP contribution in [-0.2, 0) is 14.8 Å². The van der Waals surface area contributed by atoms with Gasteiger partial charge in [0.25, 0.3) is 0 Å². The highest BCUT2D eigenvalue weighted by Gasteiger charge is 2.19. The zero-order chi connectivity index (χ0) is 13.2. The predicted molar refractivity (Wildman–Crippen MR) is 71.2 cm³/mol. The number of carbonyl (C=O) groups is 1. The van der Waals surface area contributed by atoms with Crippen molar-refractivity contribution in [3.8, 4) is 0 Å². The van der Waals surface area contributed by atoms with E-state index in [0.717, 1.165) is 4.90 Å². The molecule has 0 radical (unpaired) electrons. The largest absolute Gasteiger partial charge is 0.324 e. The Labute approximate surface area is 110 Å². The SMILES string of the molecule is C=CCNS(=O)(=O)c1ccc2c(c1)NC(=O)CS2. The lowest BCUT2D eigenvalue weighted by Crippen LogP contribution is -2.24. The van der Waals surface area contributed by atoms with Crippen LogP contribution in [-0.4, -0.2) is 26.6 Å². The van der Waals surface area contributed by atoms with Crippen molar-refractivity contribution in [1.82, 2.24) is 4.72 Å². The summed E-state index contributed by atoms with van der Waals surface area (Å²) in [5.41, 5.74) is 0.540. The fraction of sp³-hybridized carbons (Fsp3) is 0.182. The summed E-state index contributed by atoms with van der Waals surface area (Å²) in [6, 6.07) is 4.68. The first kappa shape index (κ1) is 13.1. The highest BCUT2D eigenvalue weighted by atomic mass is 32.2. The van der Waals surface area contributed by atoms with Crippen molar-refractivity contribution in [2.45, 2.75) is 9.79 Å². The third-order valence-electron chi connectivity index (χ3n) is 2.31. The van der Waals surface area contributed by atoms with Crippen molar-refractivity contribution >= 4 is 33.4 Å². The molecule has 0 saturated heterocycles. The van der Waals surface area contributed by atoms with E-state index in [9.17, 15) is 13.2 Å². The highest BCUT2D eigenvalue weighted by Crippen LogP contribution is 2.32. The second kappa shape index (κ2) is 5.13. The third-order valence-corrected chi connectivity index (χ3v) is 4.81. The van der Waals surface area contributed by atoms with Crippen molar-refractivity contribution in [2.75, 3.05) is 17.6 Å². The maximum absolute atomic E-state index is 11.9. The maximum Gasteiger partial charge on any atom is 0.240 e. The second-order valence-electron chi connectivity index (χ2n) is 3.64. The van der Waals surface area contributed by atoms with Crippen molar-refractivity contribution < 1.29 is 13.2 Å². The van der Waals surface area contributed by atoms with Crippen LogP contribution in [0.3, 0.4) is 0 Å². The molecule has 1 aromatic rings. The number of carbonyl (C=O) groups excluding carboxylic acids is 1. The van der Waals surface area contributed by atoms with Crippen LogP contribution in [0.1, 0.15) is 0 Å². The van der Waals surface area contributed by atoms with E-state index >= 15 is 0 Å². The molecule has 0 fully saturated rings. The summed E-state index contributed by atoms with van der Waals surface area (Å²) < 4.78 is 26.1. The zero-order valence-electron chi connectivity index (χ0n) is 9.47. The number of sulfonamides is 1. The van der Waals surface area contributed by atoms with Gasteiger partial charge in [0.05, 0.1) is 16.3 Å². The molecule has 0 spiro atoms. The molecular weight excluding hydrogens is 272 g/mol. The van der Waals surface area contributed by atoms with Crippen LogP contribution in [0, 0.1) is 0 Å². The molecule has 18 heavy (non-hydrogen) atoms. The molecule has 0 bridgehead atoms. The lowest BCUT2D eigenvalue weighted by atomic mass is 10.3. The summed E-state index contributed by atoms with van der Waals surface area (Å²) in [6.07, 6.45) is 1.47. The van der Waals surface area contributed by atoms with Gasteiger partial charge >= 0.3 is 0 Å². The lowest BCUT2D eigenvalue weighted by Gasteiger charge is -2.17. The minimum Gasteiger partial charge on any atom is -0.324 e. The van der Waals surface area contributed by atoms with Crippen LogP contribution in [0.4, 0.5) is 5.69 Å². The van der Waals surface area contributed by atoms with Crippen molar-refractivity contribution in [3.63, 3.8) is 0 Å². The van der Waals surface area contributed by atoms with Gasteiger partial charge < -0.3 is 5.32 Å². The molecule has 2 N–H and O–H groups in total. The number of hydrogen-bond acceptors (Lipinski definition) is 4. The molecule has 0 atom stereocenters. The molecule has 1 aliphatic heterocycles. The van der Waals surface area contributed by atoms with E-state index in [0.29, 0.717) is 11.4 Å². The normalized spacial score (nSPS) is 14.8. The maximum atomic E-state index is 11.9. The number of amides is 1. The molecule has 1 aliphatic rings. The minimum absolute atomic E-state index is 0.124. The van der Waals surface area contributed by atoms with Gasteiger partial charge in [0, 0.05) is 11.4 Å². The van der Waals surface area contributed by atoms with E-state index in [-0.39, 0.29) is 17.3 Å². The van der Waals surface area contributed by atoms with Crippen molar-refractivity contribution in [3.05, 3.63) is 30.9 Å². The van der Waals surface area contributed by atoms with Crippen LogP contribution < -0.4 is 10.0 Å². The number of nitrogens with one attached hydrogen (secondary N) is 2. The van der Waals surface area contributed by atoms with Gasteiger partial charge in [0.1, 0.15) is 0 Å². The van der Waals surface area contributed by atoms with Gasteiger partial charge in [0.2, 0.25) is 15.9 Å². The van der Waals surface area contributed by atoms with Crippen LogP contribution >= 0.6 is 11.8 Å². The first-order chi connectivity index (χ1) is 8.53. The summed E-state index contributed by atoms with van der Waals surface area (Å²) in [7, 11) is -3.56. The molecule has 0 aliphatic carbocycles. The van der Waals surface area contributed by atoms with E-state index in [1.54, 1.807) is 6.07 Å². The smallest absolute Gasteiger partial charge is 0.240 e.